The molecular formula is C19H20F3NOS. The number of rotatable bonds is 5. The first-order valence-electron chi connectivity index (χ1n) is 8.35. The lowest BCUT2D eigenvalue weighted by Gasteiger charge is -2.31. The van der Waals surface area contributed by atoms with Crippen molar-refractivity contribution >= 4 is 10.8 Å². The summed E-state index contributed by atoms with van der Waals surface area (Å²) in [7, 11) is -1.46. The van der Waals surface area contributed by atoms with E-state index in [4.69, 9.17) is 0 Å². The number of halogens is 3. The second-order valence-electron chi connectivity index (χ2n) is 6.29. The van der Waals surface area contributed by atoms with E-state index in [2.05, 4.69) is 4.90 Å². The van der Waals surface area contributed by atoms with Gasteiger partial charge in [0, 0.05) is 17.9 Å². The molecule has 0 aromatic heterocycles. The first-order chi connectivity index (χ1) is 12.0. The minimum Gasteiger partial charge on any atom is -0.303 e. The van der Waals surface area contributed by atoms with Gasteiger partial charge in [0.25, 0.3) is 0 Å². The fourth-order valence-electron chi connectivity index (χ4n) is 3.10. The highest BCUT2D eigenvalue weighted by atomic mass is 32.2. The Kier molecular flexibility index (Phi) is 5.91. The molecule has 134 valence electrons. The molecule has 1 aliphatic rings. The van der Waals surface area contributed by atoms with Crippen molar-refractivity contribution in [2.45, 2.75) is 29.4 Å². The van der Waals surface area contributed by atoms with E-state index < -0.39 is 22.4 Å². The van der Waals surface area contributed by atoms with Crippen LogP contribution >= 0.6 is 0 Å². The van der Waals surface area contributed by atoms with Gasteiger partial charge in [-0.3, -0.25) is 4.21 Å². The Hall–Kier alpha value is -1.66. The zero-order valence-corrected chi connectivity index (χ0v) is 14.6. The molecule has 2 aromatic rings. The Bertz CT molecular complexity index is 743. The molecular weight excluding hydrogens is 347 g/mol. The highest BCUT2D eigenvalue weighted by Gasteiger charge is 2.26. The Balaban J connectivity index is 1.51. The molecule has 0 amide bonds. The van der Waals surface area contributed by atoms with E-state index in [1.807, 2.05) is 0 Å². The molecule has 1 heterocycles. The molecule has 1 fully saturated rings. The number of hydrogen-bond acceptors (Lipinski definition) is 2. The van der Waals surface area contributed by atoms with Gasteiger partial charge in [-0.05, 0) is 62.2 Å². The van der Waals surface area contributed by atoms with Crippen LogP contribution in [-0.2, 0) is 17.2 Å². The van der Waals surface area contributed by atoms with Crippen LogP contribution in [0.1, 0.15) is 18.4 Å². The molecule has 0 radical (unpaired) electrons. The predicted molar refractivity (Wildman–Crippen MR) is 92.3 cm³/mol. The number of benzene rings is 2. The van der Waals surface area contributed by atoms with Gasteiger partial charge in [-0.2, -0.15) is 0 Å². The van der Waals surface area contributed by atoms with Gasteiger partial charge in [-0.25, -0.2) is 13.2 Å². The maximum atomic E-state index is 13.8. The van der Waals surface area contributed by atoms with Crippen LogP contribution in [-0.4, -0.2) is 34.0 Å². The number of hydrogen-bond donors (Lipinski definition) is 0. The molecule has 1 unspecified atom stereocenters. The van der Waals surface area contributed by atoms with Crippen LogP contribution in [0.3, 0.4) is 0 Å². The summed E-state index contributed by atoms with van der Waals surface area (Å²) in [6, 6.07) is 9.70. The van der Waals surface area contributed by atoms with Crippen LogP contribution in [0.4, 0.5) is 13.2 Å². The third kappa shape index (κ3) is 4.70. The SMILES string of the molecule is O=S(c1ccc(F)cc1F)C1CCN(CCc2ccc(F)cc2)CC1. The molecule has 0 aliphatic carbocycles. The first-order valence-corrected chi connectivity index (χ1v) is 9.56. The molecule has 0 N–H and O–H groups in total. The van der Waals surface area contributed by atoms with Crippen molar-refractivity contribution in [3.05, 3.63) is 65.5 Å². The van der Waals surface area contributed by atoms with Crippen LogP contribution in [0.2, 0.25) is 0 Å². The van der Waals surface area contributed by atoms with Gasteiger partial charge in [0.15, 0.2) is 0 Å². The van der Waals surface area contributed by atoms with E-state index in [1.54, 1.807) is 12.1 Å². The second-order valence-corrected chi connectivity index (χ2v) is 7.99. The number of nitrogens with zero attached hydrogens (tertiary/aromatic N) is 1. The Morgan fingerprint density at radius 3 is 2.24 bits per heavy atom. The molecule has 1 atom stereocenters. The van der Waals surface area contributed by atoms with Gasteiger partial charge in [0.05, 0.1) is 15.7 Å². The zero-order valence-electron chi connectivity index (χ0n) is 13.8. The third-order valence-corrected chi connectivity index (χ3v) is 6.42. The van der Waals surface area contributed by atoms with Crippen LogP contribution in [0.25, 0.3) is 0 Å². The molecule has 1 saturated heterocycles. The van der Waals surface area contributed by atoms with Gasteiger partial charge in [-0.15, -0.1) is 0 Å². The summed E-state index contributed by atoms with van der Waals surface area (Å²) < 4.78 is 52.2. The Morgan fingerprint density at radius 2 is 1.60 bits per heavy atom. The Morgan fingerprint density at radius 1 is 0.960 bits per heavy atom. The van der Waals surface area contributed by atoms with Crippen molar-refractivity contribution < 1.29 is 17.4 Å². The average Bonchev–Trinajstić information content (AvgIpc) is 2.61. The van der Waals surface area contributed by atoms with Crippen molar-refractivity contribution in [3.8, 4) is 0 Å². The van der Waals surface area contributed by atoms with E-state index in [-0.39, 0.29) is 16.0 Å². The summed E-state index contributed by atoms with van der Waals surface area (Å²) >= 11 is 0. The van der Waals surface area contributed by atoms with Crippen molar-refractivity contribution in [3.63, 3.8) is 0 Å². The molecule has 2 nitrogen and oxygen atoms in total. The number of likely N-dealkylation sites (tertiary alicyclic amines) is 1. The molecule has 0 bridgehead atoms. The van der Waals surface area contributed by atoms with Crippen molar-refractivity contribution in [2.75, 3.05) is 19.6 Å². The maximum absolute atomic E-state index is 13.8. The summed E-state index contributed by atoms with van der Waals surface area (Å²) in [5.74, 6) is -1.63. The summed E-state index contributed by atoms with van der Waals surface area (Å²) in [6.45, 7) is 2.44. The minimum absolute atomic E-state index is 0.0890. The minimum atomic E-state index is -1.46. The smallest absolute Gasteiger partial charge is 0.142 e. The van der Waals surface area contributed by atoms with E-state index in [9.17, 15) is 17.4 Å². The van der Waals surface area contributed by atoms with Gasteiger partial charge in [0.2, 0.25) is 0 Å². The lowest BCUT2D eigenvalue weighted by Crippen LogP contribution is -2.38. The molecule has 25 heavy (non-hydrogen) atoms. The van der Waals surface area contributed by atoms with Gasteiger partial charge in [-0.1, -0.05) is 12.1 Å². The predicted octanol–water partition coefficient (Wildman–Crippen LogP) is 3.92. The van der Waals surface area contributed by atoms with E-state index in [1.165, 1.54) is 18.2 Å². The van der Waals surface area contributed by atoms with Crippen LogP contribution in [0.15, 0.2) is 47.4 Å². The Labute approximate surface area is 148 Å². The van der Waals surface area contributed by atoms with Gasteiger partial charge in [0.1, 0.15) is 17.5 Å². The molecule has 0 spiro atoms. The van der Waals surface area contributed by atoms with Crippen LogP contribution < -0.4 is 0 Å². The standard InChI is InChI=1S/C19H20F3NOS/c20-15-3-1-14(2-4-15)7-10-23-11-8-17(9-12-23)25(24)19-6-5-16(21)13-18(19)22/h1-6,13,17H,7-12H2. The summed E-state index contributed by atoms with van der Waals surface area (Å²) in [6.07, 6.45) is 2.26. The largest absolute Gasteiger partial charge is 0.303 e. The summed E-state index contributed by atoms with van der Waals surface area (Å²) in [4.78, 5) is 2.36. The van der Waals surface area contributed by atoms with Gasteiger partial charge >= 0.3 is 0 Å². The molecule has 6 heteroatoms. The monoisotopic (exact) mass is 367 g/mol. The third-order valence-electron chi connectivity index (χ3n) is 4.58. The van der Waals surface area contributed by atoms with Crippen LogP contribution in [0, 0.1) is 17.5 Å². The molecule has 0 saturated carbocycles. The second kappa shape index (κ2) is 8.15. The van der Waals surface area contributed by atoms with E-state index in [0.29, 0.717) is 12.8 Å². The highest BCUT2D eigenvalue weighted by Crippen LogP contribution is 2.23. The summed E-state index contributed by atoms with van der Waals surface area (Å²) in [5.41, 5.74) is 1.08. The fourth-order valence-corrected chi connectivity index (χ4v) is 4.55. The van der Waals surface area contributed by atoms with Gasteiger partial charge < -0.3 is 4.90 Å². The van der Waals surface area contributed by atoms with Crippen molar-refractivity contribution in [1.29, 1.82) is 0 Å². The van der Waals surface area contributed by atoms with Crippen molar-refractivity contribution in [2.24, 2.45) is 0 Å². The van der Waals surface area contributed by atoms with Crippen molar-refractivity contribution in [1.82, 2.24) is 4.90 Å². The molecule has 1 aliphatic heterocycles. The molecule has 3 rings (SSSR count). The van der Waals surface area contributed by atoms with E-state index in [0.717, 1.165) is 43.8 Å². The number of piperidine rings is 1. The van der Waals surface area contributed by atoms with E-state index >= 15 is 0 Å². The normalized spacial score (nSPS) is 17.6. The lowest BCUT2D eigenvalue weighted by molar-refractivity contribution is 0.234. The highest BCUT2D eigenvalue weighted by molar-refractivity contribution is 7.85. The summed E-state index contributed by atoms with van der Waals surface area (Å²) in [5, 5.41) is -0.109. The topological polar surface area (TPSA) is 20.3 Å². The maximum Gasteiger partial charge on any atom is 0.142 e. The molecule has 2 aromatic carbocycles. The zero-order chi connectivity index (χ0) is 17.8. The quantitative estimate of drug-likeness (QED) is 0.798. The first kappa shape index (κ1) is 18.1. The lowest BCUT2D eigenvalue weighted by atomic mass is 10.1. The van der Waals surface area contributed by atoms with Crippen LogP contribution in [0.5, 0.6) is 0 Å². The fraction of sp³-hybridized carbons (Fsp3) is 0.368. The average molecular weight is 367 g/mol.